The average Bonchev–Trinajstić information content (AvgIpc) is 3.37. The van der Waals surface area contributed by atoms with Gasteiger partial charge in [-0.05, 0) is 23.3 Å². The Morgan fingerprint density at radius 3 is 2.43 bits per heavy atom. The van der Waals surface area contributed by atoms with Crippen molar-refractivity contribution in [1.29, 1.82) is 0 Å². The van der Waals surface area contributed by atoms with Gasteiger partial charge in [-0.15, -0.1) is 10.2 Å². The van der Waals surface area contributed by atoms with Gasteiger partial charge in [-0.2, -0.15) is 0 Å². The molecule has 8 heteroatoms. The number of rotatable bonds is 7. The summed E-state index contributed by atoms with van der Waals surface area (Å²) < 4.78 is 7.53. The molecule has 2 aromatic heterocycles. The topological polar surface area (TPSA) is 87.0 Å². The molecule has 0 spiro atoms. The molecule has 0 amide bonds. The van der Waals surface area contributed by atoms with Crippen molar-refractivity contribution in [1.82, 2.24) is 14.8 Å². The second-order valence-electron chi connectivity index (χ2n) is 6.07. The smallest absolute Gasteiger partial charge is 0.269 e. The number of thioether (sulfide) groups is 1. The van der Waals surface area contributed by atoms with E-state index in [4.69, 9.17) is 4.42 Å². The summed E-state index contributed by atoms with van der Waals surface area (Å²) in [5.41, 5.74) is 2.19. The summed E-state index contributed by atoms with van der Waals surface area (Å²) in [5.74, 6) is 1.95. The Kier molecular flexibility index (Phi) is 5.20. The Hall–Kier alpha value is -3.39. The summed E-state index contributed by atoms with van der Waals surface area (Å²) in [6.07, 6.45) is 1.61. The zero-order valence-corrected chi connectivity index (χ0v) is 15.6. The van der Waals surface area contributed by atoms with Crippen LogP contribution in [0.4, 0.5) is 5.69 Å². The number of nitro groups is 1. The second kappa shape index (κ2) is 8.10. The maximum Gasteiger partial charge on any atom is 0.269 e. The Balaban J connectivity index is 1.58. The monoisotopic (exact) mass is 392 g/mol. The molecule has 0 saturated heterocycles. The van der Waals surface area contributed by atoms with Crippen molar-refractivity contribution >= 4 is 17.4 Å². The maximum absolute atomic E-state index is 10.8. The van der Waals surface area contributed by atoms with Crippen molar-refractivity contribution in [2.24, 2.45) is 0 Å². The molecule has 0 bridgehead atoms. The highest BCUT2D eigenvalue weighted by Crippen LogP contribution is 2.28. The Bertz CT molecular complexity index is 1060. The Morgan fingerprint density at radius 2 is 1.75 bits per heavy atom. The molecule has 2 aromatic carbocycles. The van der Waals surface area contributed by atoms with Gasteiger partial charge in [-0.25, -0.2) is 0 Å². The van der Waals surface area contributed by atoms with E-state index in [1.165, 1.54) is 23.9 Å². The summed E-state index contributed by atoms with van der Waals surface area (Å²) in [6, 6.07) is 20.3. The largest absolute Gasteiger partial charge is 0.461 e. The van der Waals surface area contributed by atoms with Gasteiger partial charge in [-0.3, -0.25) is 14.7 Å². The minimum atomic E-state index is -0.400. The Labute approximate surface area is 165 Å². The first-order valence-corrected chi connectivity index (χ1v) is 9.56. The summed E-state index contributed by atoms with van der Waals surface area (Å²) >= 11 is 1.53. The van der Waals surface area contributed by atoms with Gasteiger partial charge in [0.2, 0.25) is 5.82 Å². The molecule has 4 rings (SSSR count). The van der Waals surface area contributed by atoms with Crippen LogP contribution in [-0.4, -0.2) is 19.7 Å². The van der Waals surface area contributed by atoms with Crippen LogP contribution in [-0.2, 0) is 12.3 Å². The van der Waals surface area contributed by atoms with E-state index in [2.05, 4.69) is 22.3 Å². The summed E-state index contributed by atoms with van der Waals surface area (Å²) in [6.45, 7) is 0.618. The molecule has 0 unspecified atom stereocenters. The number of hydrogen-bond acceptors (Lipinski definition) is 6. The quantitative estimate of drug-likeness (QED) is 0.255. The van der Waals surface area contributed by atoms with Gasteiger partial charge in [0.25, 0.3) is 5.69 Å². The van der Waals surface area contributed by atoms with Crippen LogP contribution in [0.3, 0.4) is 0 Å². The summed E-state index contributed by atoms with van der Waals surface area (Å²) in [4.78, 5) is 10.4. The molecular weight excluding hydrogens is 376 g/mol. The van der Waals surface area contributed by atoms with Crippen molar-refractivity contribution in [3.63, 3.8) is 0 Å². The molecule has 28 heavy (non-hydrogen) atoms. The predicted octanol–water partition coefficient (Wildman–Crippen LogP) is 4.79. The van der Waals surface area contributed by atoms with Crippen molar-refractivity contribution in [3.8, 4) is 11.6 Å². The van der Waals surface area contributed by atoms with Crippen molar-refractivity contribution in [2.45, 2.75) is 17.5 Å². The third-order valence-electron chi connectivity index (χ3n) is 4.16. The van der Waals surface area contributed by atoms with Gasteiger partial charge in [0.1, 0.15) is 0 Å². The minimum Gasteiger partial charge on any atom is -0.461 e. The van der Waals surface area contributed by atoms with E-state index in [1.807, 2.05) is 34.9 Å². The highest BCUT2D eigenvalue weighted by atomic mass is 32.2. The van der Waals surface area contributed by atoms with E-state index in [-0.39, 0.29) is 5.69 Å². The fourth-order valence-electron chi connectivity index (χ4n) is 2.75. The number of nitrogens with zero attached hydrogens (tertiary/aromatic N) is 4. The molecule has 0 N–H and O–H groups in total. The zero-order chi connectivity index (χ0) is 19.3. The molecule has 0 aliphatic heterocycles. The lowest BCUT2D eigenvalue weighted by molar-refractivity contribution is -0.384. The number of aromatic nitrogens is 3. The van der Waals surface area contributed by atoms with E-state index in [0.717, 1.165) is 16.3 Å². The van der Waals surface area contributed by atoms with Gasteiger partial charge < -0.3 is 4.42 Å². The number of hydrogen-bond donors (Lipinski definition) is 0. The van der Waals surface area contributed by atoms with Gasteiger partial charge in [0, 0.05) is 17.9 Å². The molecule has 0 saturated carbocycles. The van der Waals surface area contributed by atoms with Crippen LogP contribution in [0.5, 0.6) is 0 Å². The molecule has 140 valence electrons. The van der Waals surface area contributed by atoms with Crippen LogP contribution in [0.2, 0.25) is 0 Å². The Morgan fingerprint density at radius 1 is 0.964 bits per heavy atom. The lowest BCUT2D eigenvalue weighted by atomic mass is 10.2. The average molecular weight is 392 g/mol. The summed E-state index contributed by atoms with van der Waals surface area (Å²) in [7, 11) is 0. The van der Waals surface area contributed by atoms with Crippen LogP contribution in [0.1, 0.15) is 11.1 Å². The van der Waals surface area contributed by atoms with E-state index in [1.54, 1.807) is 18.4 Å². The lowest BCUT2D eigenvalue weighted by Crippen LogP contribution is -2.03. The van der Waals surface area contributed by atoms with Crippen molar-refractivity contribution < 1.29 is 9.34 Å². The maximum atomic E-state index is 10.8. The van der Waals surface area contributed by atoms with Crippen molar-refractivity contribution in [3.05, 3.63) is 94.2 Å². The van der Waals surface area contributed by atoms with Crippen LogP contribution >= 0.6 is 11.8 Å². The first-order chi connectivity index (χ1) is 13.7. The molecule has 0 aliphatic rings. The standard InChI is InChI=1S/C20H16N4O3S/c25-24(26)17-10-8-16(9-11-17)14-28-20-22-21-19(18-7-4-12-27-18)23(20)13-15-5-2-1-3-6-15/h1-12H,13-14H2. The van der Waals surface area contributed by atoms with Crippen LogP contribution < -0.4 is 0 Å². The van der Waals surface area contributed by atoms with Crippen molar-refractivity contribution in [2.75, 3.05) is 0 Å². The number of non-ortho nitro benzene ring substituents is 1. The molecule has 2 heterocycles. The number of benzene rings is 2. The molecule has 0 fully saturated rings. The molecular formula is C20H16N4O3S. The second-order valence-corrected chi connectivity index (χ2v) is 7.01. The first kappa shape index (κ1) is 18.0. The third-order valence-corrected chi connectivity index (χ3v) is 5.19. The fraction of sp³-hybridized carbons (Fsp3) is 0.100. The van der Waals surface area contributed by atoms with Gasteiger partial charge in [0.05, 0.1) is 17.7 Å². The van der Waals surface area contributed by atoms with Gasteiger partial charge in [0.15, 0.2) is 10.9 Å². The fourth-order valence-corrected chi connectivity index (χ4v) is 3.65. The van der Waals surface area contributed by atoms with Gasteiger partial charge >= 0.3 is 0 Å². The lowest BCUT2D eigenvalue weighted by Gasteiger charge is -2.09. The zero-order valence-electron chi connectivity index (χ0n) is 14.8. The van der Waals surface area contributed by atoms with E-state index < -0.39 is 4.92 Å². The molecule has 0 radical (unpaired) electrons. The molecule has 7 nitrogen and oxygen atoms in total. The van der Waals surface area contributed by atoms with Gasteiger partial charge in [-0.1, -0.05) is 54.2 Å². The summed E-state index contributed by atoms with van der Waals surface area (Å²) in [5, 5.41) is 20.2. The third kappa shape index (κ3) is 3.96. The van der Waals surface area contributed by atoms with E-state index >= 15 is 0 Å². The first-order valence-electron chi connectivity index (χ1n) is 8.58. The van der Waals surface area contributed by atoms with Crippen LogP contribution in [0.25, 0.3) is 11.6 Å². The highest BCUT2D eigenvalue weighted by Gasteiger charge is 2.17. The van der Waals surface area contributed by atoms with E-state index in [9.17, 15) is 10.1 Å². The van der Waals surface area contributed by atoms with Crippen LogP contribution in [0.15, 0.2) is 82.6 Å². The van der Waals surface area contributed by atoms with E-state index in [0.29, 0.717) is 23.9 Å². The molecule has 0 aliphatic carbocycles. The molecule has 0 atom stereocenters. The normalized spacial score (nSPS) is 10.9. The SMILES string of the molecule is O=[N+]([O-])c1ccc(CSc2nnc(-c3ccco3)n2Cc2ccccc2)cc1. The number of nitro benzene ring substituents is 1. The minimum absolute atomic E-state index is 0.0844. The number of furan rings is 1. The predicted molar refractivity (Wildman–Crippen MR) is 106 cm³/mol. The van der Waals surface area contributed by atoms with Crippen LogP contribution in [0, 0.1) is 10.1 Å². The molecule has 4 aromatic rings. The highest BCUT2D eigenvalue weighted by molar-refractivity contribution is 7.98.